The fraction of sp³-hybridized carbons (Fsp3) is 0.143. The predicted octanol–water partition coefficient (Wildman–Crippen LogP) is 4.97. The number of hydrogen-bond acceptors (Lipinski definition) is 2. The van der Waals surface area contributed by atoms with Crippen molar-refractivity contribution in [2.24, 2.45) is 0 Å². The standard InChI is InChI=1S/C21H16F2N2/c22-18-10-9-14(13-19(18)23)24-11-12-25-20-8-4-3-6-16(20)15-5-1-2-7-17(15)21(24)25/h1-10,13,21H,11-12H2. The van der Waals surface area contributed by atoms with Crippen LogP contribution in [0.5, 0.6) is 0 Å². The molecule has 5 rings (SSSR count). The highest BCUT2D eigenvalue weighted by atomic mass is 19.2. The largest absolute Gasteiger partial charge is 0.345 e. The van der Waals surface area contributed by atoms with E-state index < -0.39 is 11.6 Å². The summed E-state index contributed by atoms with van der Waals surface area (Å²) in [6.07, 6.45) is -0.00374. The van der Waals surface area contributed by atoms with E-state index in [0.717, 1.165) is 13.1 Å². The molecular weight excluding hydrogens is 318 g/mol. The zero-order valence-electron chi connectivity index (χ0n) is 13.5. The minimum Gasteiger partial charge on any atom is -0.345 e. The van der Waals surface area contributed by atoms with Gasteiger partial charge in [-0.05, 0) is 23.8 Å². The van der Waals surface area contributed by atoms with Gasteiger partial charge in [0.25, 0.3) is 0 Å². The Morgan fingerprint density at radius 3 is 2.28 bits per heavy atom. The average Bonchev–Trinajstić information content (AvgIpc) is 3.10. The van der Waals surface area contributed by atoms with Gasteiger partial charge in [-0.2, -0.15) is 0 Å². The van der Waals surface area contributed by atoms with Gasteiger partial charge in [-0.15, -0.1) is 0 Å². The molecule has 2 heterocycles. The van der Waals surface area contributed by atoms with Crippen molar-refractivity contribution in [2.75, 3.05) is 22.9 Å². The van der Waals surface area contributed by atoms with Crippen molar-refractivity contribution in [3.8, 4) is 11.1 Å². The molecule has 2 aliphatic rings. The molecule has 124 valence electrons. The lowest BCUT2D eigenvalue weighted by Crippen LogP contribution is -2.33. The molecule has 0 aliphatic carbocycles. The van der Waals surface area contributed by atoms with E-state index >= 15 is 0 Å². The van der Waals surface area contributed by atoms with E-state index in [1.807, 2.05) is 18.2 Å². The van der Waals surface area contributed by atoms with Crippen molar-refractivity contribution in [3.63, 3.8) is 0 Å². The summed E-state index contributed by atoms with van der Waals surface area (Å²) in [5.41, 5.74) is 5.52. The summed E-state index contributed by atoms with van der Waals surface area (Å²) in [5.74, 6) is -1.62. The Balaban J connectivity index is 1.68. The Morgan fingerprint density at radius 2 is 1.44 bits per heavy atom. The first kappa shape index (κ1) is 14.5. The highest BCUT2D eigenvalue weighted by molar-refractivity contribution is 5.86. The second kappa shape index (κ2) is 5.31. The van der Waals surface area contributed by atoms with Crippen molar-refractivity contribution in [1.29, 1.82) is 0 Å². The van der Waals surface area contributed by atoms with Crippen LogP contribution in [0.25, 0.3) is 11.1 Å². The normalized spacial score (nSPS) is 17.9. The van der Waals surface area contributed by atoms with Gasteiger partial charge in [0.15, 0.2) is 11.6 Å². The van der Waals surface area contributed by atoms with Gasteiger partial charge in [-0.25, -0.2) is 8.78 Å². The van der Waals surface area contributed by atoms with Crippen molar-refractivity contribution < 1.29 is 8.78 Å². The van der Waals surface area contributed by atoms with Crippen LogP contribution < -0.4 is 9.80 Å². The second-order valence-electron chi connectivity index (χ2n) is 6.46. The molecule has 0 spiro atoms. The molecule has 3 aromatic carbocycles. The molecule has 1 fully saturated rings. The van der Waals surface area contributed by atoms with Crippen LogP contribution >= 0.6 is 0 Å². The minimum atomic E-state index is -0.811. The summed E-state index contributed by atoms with van der Waals surface area (Å²) < 4.78 is 27.1. The Morgan fingerprint density at radius 1 is 0.720 bits per heavy atom. The maximum absolute atomic E-state index is 13.8. The first-order chi connectivity index (χ1) is 12.2. The van der Waals surface area contributed by atoms with Crippen LogP contribution in [-0.2, 0) is 0 Å². The number of nitrogens with zero attached hydrogens (tertiary/aromatic N) is 2. The van der Waals surface area contributed by atoms with Crippen LogP contribution in [0.2, 0.25) is 0 Å². The fourth-order valence-corrected chi connectivity index (χ4v) is 4.07. The topological polar surface area (TPSA) is 6.48 Å². The number of halogens is 2. The second-order valence-corrected chi connectivity index (χ2v) is 6.46. The molecule has 25 heavy (non-hydrogen) atoms. The van der Waals surface area contributed by atoms with Crippen LogP contribution in [0.4, 0.5) is 20.2 Å². The third-order valence-electron chi connectivity index (χ3n) is 5.15. The van der Waals surface area contributed by atoms with Gasteiger partial charge in [-0.3, -0.25) is 0 Å². The van der Waals surface area contributed by atoms with Crippen LogP contribution in [0.15, 0.2) is 66.7 Å². The van der Waals surface area contributed by atoms with Crippen molar-refractivity contribution in [1.82, 2.24) is 0 Å². The van der Waals surface area contributed by atoms with E-state index in [9.17, 15) is 8.78 Å². The van der Waals surface area contributed by atoms with Gasteiger partial charge >= 0.3 is 0 Å². The molecule has 1 saturated heterocycles. The van der Waals surface area contributed by atoms with E-state index in [1.54, 1.807) is 6.07 Å². The third kappa shape index (κ3) is 2.07. The Bertz CT molecular complexity index is 970. The number of anilines is 2. The van der Waals surface area contributed by atoms with Crippen LogP contribution in [-0.4, -0.2) is 13.1 Å². The zero-order chi connectivity index (χ0) is 17.0. The van der Waals surface area contributed by atoms with Gasteiger partial charge in [-0.1, -0.05) is 42.5 Å². The molecule has 0 N–H and O–H groups in total. The molecule has 2 aliphatic heterocycles. The number of hydrogen-bond donors (Lipinski definition) is 0. The van der Waals surface area contributed by atoms with Crippen molar-refractivity contribution in [2.45, 2.75) is 6.17 Å². The van der Waals surface area contributed by atoms with Crippen molar-refractivity contribution in [3.05, 3.63) is 83.9 Å². The third-order valence-corrected chi connectivity index (χ3v) is 5.15. The monoisotopic (exact) mass is 334 g/mol. The number of fused-ring (bicyclic) bond motifs is 6. The summed E-state index contributed by atoms with van der Waals surface area (Å²) in [5, 5.41) is 0. The van der Waals surface area contributed by atoms with Gasteiger partial charge in [0.1, 0.15) is 6.17 Å². The summed E-state index contributed by atoms with van der Waals surface area (Å²) >= 11 is 0. The van der Waals surface area contributed by atoms with E-state index in [1.165, 1.54) is 34.5 Å². The highest BCUT2D eigenvalue weighted by Gasteiger charge is 2.39. The average molecular weight is 334 g/mol. The summed E-state index contributed by atoms with van der Waals surface area (Å²) in [4.78, 5) is 4.50. The Kier molecular flexibility index (Phi) is 3.07. The molecule has 0 radical (unpaired) electrons. The SMILES string of the molecule is Fc1ccc(N2CCN3c4ccccc4-c4ccccc4C23)cc1F. The molecule has 0 bridgehead atoms. The molecule has 0 saturated carbocycles. The molecule has 2 nitrogen and oxygen atoms in total. The lowest BCUT2D eigenvalue weighted by atomic mass is 9.91. The van der Waals surface area contributed by atoms with Gasteiger partial charge in [0.2, 0.25) is 0 Å². The summed E-state index contributed by atoms with van der Waals surface area (Å²) in [6, 6.07) is 20.9. The maximum atomic E-state index is 13.8. The van der Waals surface area contributed by atoms with Gasteiger partial charge in [0.05, 0.1) is 0 Å². The van der Waals surface area contributed by atoms with Gasteiger partial charge < -0.3 is 9.80 Å². The first-order valence-electron chi connectivity index (χ1n) is 8.41. The lowest BCUT2D eigenvalue weighted by molar-refractivity contribution is 0.508. The number of para-hydroxylation sites is 1. The lowest BCUT2D eigenvalue weighted by Gasteiger charge is -2.39. The van der Waals surface area contributed by atoms with Crippen molar-refractivity contribution >= 4 is 11.4 Å². The maximum Gasteiger partial charge on any atom is 0.160 e. The molecule has 0 amide bonds. The molecule has 3 aromatic rings. The molecular formula is C21H16F2N2. The van der Waals surface area contributed by atoms with E-state index in [4.69, 9.17) is 0 Å². The smallest absolute Gasteiger partial charge is 0.160 e. The zero-order valence-corrected chi connectivity index (χ0v) is 13.5. The number of benzene rings is 3. The quantitative estimate of drug-likeness (QED) is 0.620. The van der Waals surface area contributed by atoms with Crippen LogP contribution in [0.1, 0.15) is 11.7 Å². The molecule has 0 aromatic heterocycles. The van der Waals surface area contributed by atoms with E-state index in [0.29, 0.717) is 5.69 Å². The summed E-state index contributed by atoms with van der Waals surface area (Å²) in [7, 11) is 0. The Hall–Kier alpha value is -2.88. The fourth-order valence-electron chi connectivity index (χ4n) is 4.07. The minimum absolute atomic E-state index is 0.00374. The Labute approximate surface area is 144 Å². The van der Waals surface area contributed by atoms with E-state index in [2.05, 4.69) is 40.1 Å². The molecule has 1 atom stereocenters. The highest BCUT2D eigenvalue weighted by Crippen LogP contribution is 2.48. The summed E-state index contributed by atoms with van der Waals surface area (Å²) in [6.45, 7) is 1.60. The molecule has 4 heteroatoms. The first-order valence-corrected chi connectivity index (χ1v) is 8.41. The molecule has 1 unspecified atom stereocenters. The van der Waals surface area contributed by atoms with E-state index in [-0.39, 0.29) is 6.17 Å². The van der Waals surface area contributed by atoms with Crippen LogP contribution in [0.3, 0.4) is 0 Å². The predicted molar refractivity (Wildman–Crippen MR) is 95.7 cm³/mol. The number of rotatable bonds is 1. The van der Waals surface area contributed by atoms with Crippen LogP contribution in [0, 0.1) is 11.6 Å². The van der Waals surface area contributed by atoms with Gasteiger partial charge in [0, 0.05) is 41.7 Å².